The number of nitriles is 1. The van der Waals surface area contributed by atoms with Crippen molar-refractivity contribution in [3.63, 3.8) is 0 Å². The zero-order valence-electron chi connectivity index (χ0n) is 17.9. The summed E-state index contributed by atoms with van der Waals surface area (Å²) < 4.78 is 12.7. The number of para-hydroxylation sites is 1. The predicted molar refractivity (Wildman–Crippen MR) is 114 cm³/mol. The van der Waals surface area contributed by atoms with Crippen molar-refractivity contribution in [2.24, 2.45) is 11.1 Å². The molecule has 0 saturated carbocycles. The number of ketones is 1. The van der Waals surface area contributed by atoms with E-state index in [9.17, 15) is 14.9 Å². The van der Waals surface area contributed by atoms with Crippen molar-refractivity contribution < 1.29 is 19.1 Å². The number of nitrogens with zero attached hydrogens (tertiary/aromatic N) is 2. The standard InChI is InChI=1S/C24H25N3O4/c1-4-30-20(29)13-27-12-16(14-7-5-6-8-17(14)27)21-15(11-25)23(26)31-19-10-24(2,3)9-18(28)22(19)21/h5-8,12,21H,4,9-10,13,26H2,1-3H3/t21-/m0/s1. The molecule has 0 spiro atoms. The lowest BCUT2D eigenvalue weighted by Crippen LogP contribution is -2.33. The summed E-state index contributed by atoms with van der Waals surface area (Å²) in [4.78, 5) is 25.4. The van der Waals surface area contributed by atoms with Crippen molar-refractivity contribution in [1.29, 1.82) is 5.26 Å². The molecular formula is C24H25N3O4. The fourth-order valence-corrected chi connectivity index (χ4v) is 4.58. The Morgan fingerprint density at radius 2 is 2.10 bits per heavy atom. The molecule has 2 aliphatic rings. The number of nitrogens with two attached hydrogens (primary N) is 1. The number of benzene rings is 1. The molecule has 0 unspecified atom stereocenters. The van der Waals surface area contributed by atoms with Gasteiger partial charge in [0.05, 0.1) is 12.5 Å². The second-order valence-corrected chi connectivity index (χ2v) is 8.74. The van der Waals surface area contributed by atoms with E-state index in [-0.39, 0.29) is 35.2 Å². The number of esters is 1. The first-order chi connectivity index (χ1) is 14.8. The summed E-state index contributed by atoms with van der Waals surface area (Å²) in [6.07, 6.45) is 2.75. The molecule has 0 bridgehead atoms. The monoisotopic (exact) mass is 419 g/mol. The summed E-state index contributed by atoms with van der Waals surface area (Å²) >= 11 is 0. The van der Waals surface area contributed by atoms with Gasteiger partial charge in [0.15, 0.2) is 5.78 Å². The lowest BCUT2D eigenvalue weighted by molar-refractivity contribution is -0.143. The van der Waals surface area contributed by atoms with Crippen molar-refractivity contribution in [3.8, 4) is 6.07 Å². The minimum Gasteiger partial charge on any atom is -0.465 e. The summed E-state index contributed by atoms with van der Waals surface area (Å²) in [6.45, 7) is 6.11. The van der Waals surface area contributed by atoms with Gasteiger partial charge in [0.25, 0.3) is 0 Å². The summed E-state index contributed by atoms with van der Waals surface area (Å²) in [5, 5.41) is 10.7. The maximum absolute atomic E-state index is 13.2. The first-order valence-corrected chi connectivity index (χ1v) is 10.3. The molecule has 1 atom stereocenters. The van der Waals surface area contributed by atoms with Gasteiger partial charge in [-0.1, -0.05) is 32.0 Å². The van der Waals surface area contributed by atoms with Crippen molar-refractivity contribution >= 4 is 22.7 Å². The van der Waals surface area contributed by atoms with Crippen LogP contribution in [0.3, 0.4) is 0 Å². The number of carbonyl (C=O) groups is 2. The lowest BCUT2D eigenvalue weighted by atomic mass is 9.70. The molecule has 7 nitrogen and oxygen atoms in total. The van der Waals surface area contributed by atoms with Crippen LogP contribution in [0.4, 0.5) is 0 Å². The minimum absolute atomic E-state index is 0.0268. The quantitative estimate of drug-likeness (QED) is 0.758. The molecule has 4 rings (SSSR count). The van der Waals surface area contributed by atoms with Gasteiger partial charge in [-0.15, -0.1) is 0 Å². The van der Waals surface area contributed by atoms with Crippen molar-refractivity contribution in [1.82, 2.24) is 4.57 Å². The molecule has 2 heterocycles. The highest BCUT2D eigenvalue weighted by Gasteiger charge is 2.43. The first-order valence-electron chi connectivity index (χ1n) is 10.3. The average Bonchev–Trinajstić information content (AvgIpc) is 3.04. The van der Waals surface area contributed by atoms with Crippen molar-refractivity contribution in [3.05, 3.63) is 58.8 Å². The number of hydrogen-bond donors (Lipinski definition) is 1. The van der Waals surface area contributed by atoms with Crippen LogP contribution in [-0.4, -0.2) is 22.9 Å². The van der Waals surface area contributed by atoms with E-state index in [2.05, 4.69) is 6.07 Å². The summed E-state index contributed by atoms with van der Waals surface area (Å²) in [5.41, 5.74) is 8.17. The average molecular weight is 419 g/mol. The molecule has 0 fully saturated rings. The number of fused-ring (bicyclic) bond motifs is 1. The second-order valence-electron chi connectivity index (χ2n) is 8.74. The molecule has 2 N–H and O–H groups in total. The van der Waals surface area contributed by atoms with Crippen LogP contribution in [0.2, 0.25) is 0 Å². The van der Waals surface area contributed by atoms with Gasteiger partial charge in [-0.25, -0.2) is 0 Å². The first kappa shape index (κ1) is 20.7. The van der Waals surface area contributed by atoms with Gasteiger partial charge in [-0.3, -0.25) is 9.59 Å². The van der Waals surface area contributed by atoms with E-state index in [0.717, 1.165) is 16.5 Å². The third kappa shape index (κ3) is 3.59. The van der Waals surface area contributed by atoms with Crippen LogP contribution >= 0.6 is 0 Å². The summed E-state index contributed by atoms with van der Waals surface area (Å²) in [5.74, 6) is -0.471. The molecule has 1 aliphatic heterocycles. The van der Waals surface area contributed by atoms with Gasteiger partial charge in [-0.2, -0.15) is 5.26 Å². The van der Waals surface area contributed by atoms with Gasteiger partial charge >= 0.3 is 5.97 Å². The molecule has 1 aromatic heterocycles. The van der Waals surface area contributed by atoms with Crippen molar-refractivity contribution in [2.45, 2.75) is 46.1 Å². The van der Waals surface area contributed by atoms with Crippen LogP contribution in [0.1, 0.15) is 45.1 Å². The number of hydrogen-bond acceptors (Lipinski definition) is 6. The van der Waals surface area contributed by atoms with Crippen LogP contribution in [0.5, 0.6) is 0 Å². The van der Waals surface area contributed by atoms with Crippen molar-refractivity contribution in [2.75, 3.05) is 6.61 Å². The molecule has 1 aromatic carbocycles. The Bertz CT molecular complexity index is 1190. The normalized spacial score (nSPS) is 20.3. The Kier molecular flexibility index (Phi) is 5.10. The van der Waals surface area contributed by atoms with E-state index in [1.54, 1.807) is 11.5 Å². The minimum atomic E-state index is -0.634. The van der Waals surface area contributed by atoms with Crippen LogP contribution in [0, 0.1) is 16.7 Å². The largest absolute Gasteiger partial charge is 0.465 e. The van der Waals surface area contributed by atoms with E-state index in [1.807, 2.05) is 44.3 Å². The van der Waals surface area contributed by atoms with Gasteiger partial charge in [0.2, 0.25) is 5.88 Å². The highest BCUT2D eigenvalue weighted by Crippen LogP contribution is 2.49. The Morgan fingerprint density at radius 3 is 2.81 bits per heavy atom. The molecule has 160 valence electrons. The Hall–Kier alpha value is -3.53. The summed E-state index contributed by atoms with van der Waals surface area (Å²) in [7, 11) is 0. The molecule has 2 aromatic rings. The van der Waals surface area contributed by atoms with Crippen LogP contribution in [0.25, 0.3) is 10.9 Å². The number of aromatic nitrogens is 1. The smallest absolute Gasteiger partial charge is 0.325 e. The zero-order chi connectivity index (χ0) is 22.3. The number of Topliss-reactive ketones (excluding diaryl/α,β-unsaturated/α-hetero) is 1. The Morgan fingerprint density at radius 1 is 1.35 bits per heavy atom. The van der Waals surface area contributed by atoms with Gasteiger partial charge in [0.1, 0.15) is 23.9 Å². The zero-order valence-corrected chi connectivity index (χ0v) is 17.9. The van der Waals surface area contributed by atoms with E-state index < -0.39 is 5.92 Å². The Balaban J connectivity index is 1.91. The number of ether oxygens (including phenoxy) is 2. The van der Waals surface area contributed by atoms with E-state index in [0.29, 0.717) is 30.8 Å². The maximum atomic E-state index is 13.2. The lowest BCUT2D eigenvalue weighted by Gasteiger charge is -2.37. The molecule has 1 aliphatic carbocycles. The van der Waals surface area contributed by atoms with E-state index >= 15 is 0 Å². The number of carbonyl (C=O) groups excluding carboxylic acids is 2. The van der Waals surface area contributed by atoms with Gasteiger partial charge < -0.3 is 19.8 Å². The number of rotatable bonds is 4. The molecule has 31 heavy (non-hydrogen) atoms. The van der Waals surface area contributed by atoms with Crippen LogP contribution in [-0.2, 0) is 25.6 Å². The van der Waals surface area contributed by atoms with Gasteiger partial charge in [0, 0.05) is 35.5 Å². The molecular weight excluding hydrogens is 394 g/mol. The van der Waals surface area contributed by atoms with Crippen LogP contribution in [0.15, 0.2) is 53.3 Å². The van der Waals surface area contributed by atoms with E-state index in [4.69, 9.17) is 15.2 Å². The van der Waals surface area contributed by atoms with Crippen LogP contribution < -0.4 is 5.73 Å². The molecule has 0 radical (unpaired) electrons. The predicted octanol–water partition coefficient (Wildman–Crippen LogP) is 3.66. The SMILES string of the molecule is CCOC(=O)Cn1cc([C@@H]2C(C#N)=C(N)OC3=C2C(=O)CC(C)(C)C3)c2ccccc21. The highest BCUT2D eigenvalue weighted by molar-refractivity contribution is 6.01. The third-order valence-corrected chi connectivity index (χ3v) is 5.81. The molecule has 0 amide bonds. The highest BCUT2D eigenvalue weighted by atomic mass is 16.5. The molecule has 0 saturated heterocycles. The second kappa shape index (κ2) is 7.62. The van der Waals surface area contributed by atoms with Gasteiger partial charge in [-0.05, 0) is 24.0 Å². The molecule has 7 heteroatoms. The summed E-state index contributed by atoms with van der Waals surface area (Å²) in [6, 6.07) is 9.75. The third-order valence-electron chi connectivity index (χ3n) is 5.81. The topological polar surface area (TPSA) is 107 Å². The fourth-order valence-electron chi connectivity index (χ4n) is 4.58. The fraction of sp³-hybridized carbons (Fsp3) is 0.375. The number of allylic oxidation sites excluding steroid dienone is 3. The maximum Gasteiger partial charge on any atom is 0.325 e. The Labute approximate surface area is 180 Å². The van der Waals surface area contributed by atoms with E-state index in [1.165, 1.54) is 0 Å².